The van der Waals surface area contributed by atoms with Gasteiger partial charge >= 0.3 is 0 Å². The molecule has 0 spiro atoms. The molecule has 0 aliphatic carbocycles. The first-order valence-electron chi connectivity index (χ1n) is 2.42. The second kappa shape index (κ2) is 2.25. The lowest BCUT2D eigenvalue weighted by Crippen LogP contribution is -2.14. The maximum atomic E-state index is 10.2. The minimum Gasteiger partial charge on any atom is -0.369 e. The van der Waals surface area contributed by atoms with Crippen molar-refractivity contribution < 1.29 is 4.79 Å². The van der Waals surface area contributed by atoms with E-state index in [9.17, 15) is 4.79 Å². The molecule has 5 nitrogen and oxygen atoms in total. The average Bonchev–Trinajstić information content (AvgIpc) is 2.15. The largest absolute Gasteiger partial charge is 0.369 e. The van der Waals surface area contributed by atoms with Gasteiger partial charge in [0.15, 0.2) is 0 Å². The maximum Gasteiger partial charge on any atom is 0.225 e. The molecule has 0 atom stereocenters. The highest BCUT2D eigenvalue weighted by molar-refractivity contribution is 5.75. The van der Waals surface area contributed by atoms with Gasteiger partial charge in [-0.05, 0) is 0 Å². The van der Waals surface area contributed by atoms with Gasteiger partial charge in [-0.3, -0.25) is 4.79 Å². The van der Waals surface area contributed by atoms with E-state index in [1.54, 1.807) is 0 Å². The van der Waals surface area contributed by atoms with Crippen LogP contribution < -0.4 is 5.73 Å². The van der Waals surface area contributed by atoms with Gasteiger partial charge in [-0.15, -0.1) is 10.2 Å². The Labute approximate surface area is 51.3 Å². The summed E-state index contributed by atoms with van der Waals surface area (Å²) in [5.74, 6) is 0.0919. The third-order valence-electron chi connectivity index (χ3n) is 0.809. The number of hydrogen-bond acceptors (Lipinski definition) is 3. The van der Waals surface area contributed by atoms with Gasteiger partial charge in [-0.25, -0.2) is 0 Å². The molecule has 0 aliphatic rings. The lowest BCUT2D eigenvalue weighted by molar-refractivity contribution is -0.117. The summed E-state index contributed by atoms with van der Waals surface area (Å²) < 4.78 is 0. The summed E-state index contributed by atoms with van der Waals surface area (Å²) in [4.78, 5) is 12.8. The Morgan fingerprint density at radius 3 is 3.11 bits per heavy atom. The third kappa shape index (κ3) is 1.52. The van der Waals surface area contributed by atoms with Gasteiger partial charge in [-0.1, -0.05) is 0 Å². The smallest absolute Gasteiger partial charge is 0.225 e. The fourth-order valence-corrected chi connectivity index (χ4v) is 0.482. The van der Waals surface area contributed by atoms with Gasteiger partial charge < -0.3 is 10.7 Å². The van der Waals surface area contributed by atoms with Crippen molar-refractivity contribution in [1.29, 1.82) is 0 Å². The Morgan fingerprint density at radius 2 is 2.67 bits per heavy atom. The molecule has 0 unspecified atom stereocenters. The Morgan fingerprint density at radius 1 is 1.89 bits per heavy atom. The Kier molecular flexibility index (Phi) is 1.44. The molecule has 48 valence electrons. The van der Waals surface area contributed by atoms with Crippen molar-refractivity contribution in [3.63, 3.8) is 0 Å². The predicted molar refractivity (Wildman–Crippen MR) is 29.3 cm³/mol. The van der Waals surface area contributed by atoms with E-state index in [-0.39, 0.29) is 6.42 Å². The lowest BCUT2D eigenvalue weighted by atomic mass is 10.4. The van der Waals surface area contributed by atoms with Crippen LogP contribution in [0.2, 0.25) is 0 Å². The Balaban J connectivity index is 2.58. The Hall–Kier alpha value is -1.39. The van der Waals surface area contributed by atoms with E-state index in [0.29, 0.717) is 5.82 Å². The summed E-state index contributed by atoms with van der Waals surface area (Å²) in [7, 11) is 0. The summed E-state index contributed by atoms with van der Waals surface area (Å²) >= 11 is 0. The molecule has 9 heavy (non-hydrogen) atoms. The van der Waals surface area contributed by atoms with Crippen molar-refractivity contribution in [2.24, 2.45) is 5.73 Å². The van der Waals surface area contributed by atoms with Crippen LogP contribution in [0.1, 0.15) is 5.82 Å². The second-order valence-electron chi connectivity index (χ2n) is 1.58. The van der Waals surface area contributed by atoms with Crippen LogP contribution in [0.5, 0.6) is 0 Å². The number of H-pyrrole nitrogens is 1. The zero-order valence-corrected chi connectivity index (χ0v) is 4.66. The number of aromatic nitrogens is 3. The van der Waals surface area contributed by atoms with Crippen LogP contribution in [-0.2, 0) is 11.2 Å². The standard InChI is InChI=1S/C4H6N4O/c5-3(9)1-4-6-2-7-8-4/h2H,1H2,(H2,5,9)(H,6,7,8). The zero-order chi connectivity index (χ0) is 6.69. The van der Waals surface area contributed by atoms with Gasteiger partial charge in [-0.2, -0.15) is 0 Å². The molecular formula is C4H6N4O. The minimum atomic E-state index is -0.410. The van der Waals surface area contributed by atoms with E-state index < -0.39 is 5.91 Å². The quantitative estimate of drug-likeness (QED) is 0.523. The number of amides is 1. The van der Waals surface area contributed by atoms with Gasteiger partial charge in [0.1, 0.15) is 12.2 Å². The molecule has 3 N–H and O–H groups in total. The first-order chi connectivity index (χ1) is 4.29. The number of hydrogen-bond donors (Lipinski definition) is 2. The number of nitrogens with one attached hydrogen (secondary N) is 1. The van der Waals surface area contributed by atoms with Crippen molar-refractivity contribution >= 4 is 5.91 Å². The highest BCUT2D eigenvalue weighted by Crippen LogP contribution is 1.83. The van der Waals surface area contributed by atoms with Crippen LogP contribution in [0.25, 0.3) is 0 Å². The normalized spacial score (nSPS) is 9.33. The summed E-state index contributed by atoms with van der Waals surface area (Å²) in [6.07, 6.45) is 1.53. The molecule has 1 aromatic rings. The molecule has 0 bridgehead atoms. The molecule has 0 radical (unpaired) electrons. The van der Waals surface area contributed by atoms with Gasteiger partial charge in [0.25, 0.3) is 0 Å². The molecule has 0 fully saturated rings. The zero-order valence-electron chi connectivity index (χ0n) is 4.66. The van der Waals surface area contributed by atoms with E-state index in [1.165, 1.54) is 6.33 Å². The molecule has 0 aromatic carbocycles. The van der Waals surface area contributed by atoms with Gasteiger partial charge in [0, 0.05) is 0 Å². The van der Waals surface area contributed by atoms with Crippen LogP contribution in [0.15, 0.2) is 6.33 Å². The first kappa shape index (κ1) is 5.74. The fraction of sp³-hybridized carbons (Fsp3) is 0.250. The molecule has 1 rings (SSSR count). The van der Waals surface area contributed by atoms with Gasteiger partial charge in [0.2, 0.25) is 5.91 Å². The highest BCUT2D eigenvalue weighted by Gasteiger charge is 1.98. The second-order valence-corrected chi connectivity index (χ2v) is 1.58. The lowest BCUT2D eigenvalue weighted by Gasteiger charge is -1.84. The molecule has 1 heterocycles. The van der Waals surface area contributed by atoms with Crippen LogP contribution in [-0.4, -0.2) is 21.1 Å². The van der Waals surface area contributed by atoms with Crippen molar-refractivity contribution in [3.05, 3.63) is 12.2 Å². The van der Waals surface area contributed by atoms with Crippen LogP contribution in [0.3, 0.4) is 0 Å². The fourth-order valence-electron chi connectivity index (χ4n) is 0.482. The van der Waals surface area contributed by atoms with E-state index in [2.05, 4.69) is 15.2 Å². The summed E-state index contributed by atoms with van der Waals surface area (Å²) in [5, 5.41) is 7.01. The average molecular weight is 126 g/mol. The molecule has 5 heteroatoms. The maximum absolute atomic E-state index is 10.2. The SMILES string of the molecule is NC(=O)Cc1nnc[nH]1. The number of carbonyl (C=O) groups excluding carboxylic acids is 1. The summed E-state index contributed by atoms with van der Waals surface area (Å²) in [6.45, 7) is 0. The first-order valence-corrected chi connectivity index (χ1v) is 2.42. The topological polar surface area (TPSA) is 84.7 Å². The molecule has 1 amide bonds. The van der Waals surface area contributed by atoms with Crippen LogP contribution in [0.4, 0.5) is 0 Å². The highest BCUT2D eigenvalue weighted by atomic mass is 16.1. The summed E-state index contributed by atoms with van der Waals surface area (Å²) in [5.41, 5.74) is 4.86. The number of aromatic amines is 1. The number of nitrogens with two attached hydrogens (primary N) is 1. The Bertz CT molecular complexity index is 192. The van der Waals surface area contributed by atoms with Crippen molar-refractivity contribution in [2.75, 3.05) is 0 Å². The third-order valence-corrected chi connectivity index (χ3v) is 0.809. The van der Waals surface area contributed by atoms with Crippen LogP contribution in [0, 0.1) is 0 Å². The molecule has 0 aliphatic heterocycles. The number of primary amides is 1. The van der Waals surface area contributed by atoms with E-state index in [0.717, 1.165) is 0 Å². The summed E-state index contributed by atoms with van der Waals surface area (Å²) in [6, 6.07) is 0. The van der Waals surface area contributed by atoms with E-state index >= 15 is 0 Å². The molecular weight excluding hydrogens is 120 g/mol. The van der Waals surface area contributed by atoms with Crippen molar-refractivity contribution in [2.45, 2.75) is 6.42 Å². The van der Waals surface area contributed by atoms with Crippen molar-refractivity contribution in [1.82, 2.24) is 15.2 Å². The molecule has 0 saturated heterocycles. The minimum absolute atomic E-state index is 0.125. The number of nitrogens with zero attached hydrogens (tertiary/aromatic N) is 2. The number of rotatable bonds is 2. The van der Waals surface area contributed by atoms with E-state index in [1.807, 2.05) is 0 Å². The monoisotopic (exact) mass is 126 g/mol. The van der Waals surface area contributed by atoms with Gasteiger partial charge in [0.05, 0.1) is 6.42 Å². The van der Waals surface area contributed by atoms with Crippen LogP contribution >= 0.6 is 0 Å². The predicted octanol–water partition coefficient (Wildman–Crippen LogP) is -1.17. The van der Waals surface area contributed by atoms with Crippen molar-refractivity contribution in [3.8, 4) is 0 Å². The number of carbonyl (C=O) groups is 1. The molecule has 0 saturated carbocycles. The molecule has 1 aromatic heterocycles. The van der Waals surface area contributed by atoms with E-state index in [4.69, 9.17) is 5.73 Å².